The molecule has 1 heterocycles. The van der Waals surface area contributed by atoms with Crippen molar-refractivity contribution in [3.05, 3.63) is 0 Å². The normalized spacial score (nSPS) is 33.0. The van der Waals surface area contributed by atoms with Gasteiger partial charge in [0.25, 0.3) is 10.1 Å². The van der Waals surface area contributed by atoms with Gasteiger partial charge in [0, 0.05) is 0 Å². The average Bonchev–Trinajstić information content (AvgIpc) is 1.79. The summed E-state index contributed by atoms with van der Waals surface area (Å²) in [6, 6.07) is 0. The van der Waals surface area contributed by atoms with E-state index in [4.69, 9.17) is 0 Å². The van der Waals surface area contributed by atoms with Gasteiger partial charge >= 0.3 is 0 Å². The minimum absolute atomic E-state index is 0.366. The lowest BCUT2D eigenvalue weighted by atomic mass is 10.3. The molecular weight excluding hydrogens is 144 g/mol. The number of Topliss-reactive ketones (excluding diaryl/α,β-unsaturated/α-hetero) is 1. The van der Waals surface area contributed by atoms with E-state index in [1.807, 2.05) is 0 Å². The third-order valence-electron chi connectivity index (χ3n) is 1.06. The highest BCUT2D eigenvalue weighted by molar-refractivity contribution is 7.87. The molecule has 0 aromatic rings. The standard InChI is InChI=1S/C4H6O4S/c1-3-4(5)2-9(6,7)8-3/h3H,2H2,1H3. The summed E-state index contributed by atoms with van der Waals surface area (Å²) in [5.41, 5.74) is 0. The molecule has 0 aromatic heterocycles. The molecule has 1 saturated heterocycles. The van der Waals surface area contributed by atoms with Crippen LogP contribution in [0.3, 0.4) is 0 Å². The Morgan fingerprint density at radius 3 is 2.33 bits per heavy atom. The fraction of sp³-hybridized carbons (Fsp3) is 0.750. The molecule has 0 saturated carbocycles. The molecule has 0 spiro atoms. The Hall–Kier alpha value is -0.420. The first-order chi connectivity index (χ1) is 4.01. The van der Waals surface area contributed by atoms with E-state index >= 15 is 0 Å². The van der Waals surface area contributed by atoms with Crippen LogP contribution in [0.15, 0.2) is 0 Å². The second kappa shape index (κ2) is 1.78. The molecule has 0 aliphatic carbocycles. The van der Waals surface area contributed by atoms with Gasteiger partial charge in [0.2, 0.25) is 0 Å². The second-order valence-corrected chi connectivity index (χ2v) is 3.50. The molecule has 9 heavy (non-hydrogen) atoms. The van der Waals surface area contributed by atoms with Gasteiger partial charge in [-0.05, 0) is 6.92 Å². The lowest BCUT2D eigenvalue weighted by Crippen LogP contribution is -2.10. The fourth-order valence-electron chi connectivity index (χ4n) is 0.599. The number of carbonyl (C=O) groups is 1. The minimum Gasteiger partial charge on any atom is -0.295 e. The molecule has 1 aliphatic heterocycles. The van der Waals surface area contributed by atoms with Crippen molar-refractivity contribution >= 4 is 15.9 Å². The lowest BCUT2D eigenvalue weighted by molar-refractivity contribution is -0.120. The molecule has 0 aromatic carbocycles. The van der Waals surface area contributed by atoms with Gasteiger partial charge in [-0.15, -0.1) is 0 Å². The summed E-state index contributed by atoms with van der Waals surface area (Å²) in [6.45, 7) is 1.42. The van der Waals surface area contributed by atoms with Crippen molar-refractivity contribution in [3.63, 3.8) is 0 Å². The summed E-state index contributed by atoms with van der Waals surface area (Å²) in [7, 11) is -3.49. The Morgan fingerprint density at radius 2 is 2.22 bits per heavy atom. The second-order valence-electron chi connectivity index (χ2n) is 1.91. The molecule has 0 radical (unpaired) electrons. The Morgan fingerprint density at radius 1 is 1.67 bits per heavy atom. The van der Waals surface area contributed by atoms with Crippen LogP contribution in [-0.2, 0) is 19.1 Å². The van der Waals surface area contributed by atoms with Crippen molar-refractivity contribution in [1.29, 1.82) is 0 Å². The van der Waals surface area contributed by atoms with E-state index in [0.29, 0.717) is 0 Å². The highest BCUT2D eigenvalue weighted by atomic mass is 32.2. The summed E-state index contributed by atoms with van der Waals surface area (Å²) in [5.74, 6) is -0.830. The van der Waals surface area contributed by atoms with Crippen LogP contribution in [0.4, 0.5) is 0 Å². The smallest absolute Gasteiger partial charge is 0.275 e. The fourth-order valence-corrected chi connectivity index (χ4v) is 1.80. The molecule has 1 unspecified atom stereocenters. The Bertz CT molecular complexity index is 227. The molecule has 0 N–H and O–H groups in total. The van der Waals surface area contributed by atoms with Crippen molar-refractivity contribution in [2.24, 2.45) is 0 Å². The van der Waals surface area contributed by atoms with Gasteiger partial charge in [-0.3, -0.25) is 8.98 Å². The van der Waals surface area contributed by atoms with Crippen LogP contribution in [0.5, 0.6) is 0 Å². The van der Waals surface area contributed by atoms with Crippen LogP contribution >= 0.6 is 0 Å². The van der Waals surface area contributed by atoms with Crippen molar-refractivity contribution in [2.45, 2.75) is 13.0 Å². The van der Waals surface area contributed by atoms with Crippen molar-refractivity contribution < 1.29 is 17.4 Å². The van der Waals surface area contributed by atoms with Crippen molar-refractivity contribution in [3.8, 4) is 0 Å². The SMILES string of the molecule is CC1OS(=O)(=O)CC1=O. The molecule has 0 bridgehead atoms. The predicted octanol–water partition coefficient (Wildman–Crippen LogP) is -0.696. The third kappa shape index (κ3) is 1.28. The molecule has 0 amide bonds. The van der Waals surface area contributed by atoms with Gasteiger partial charge in [0.15, 0.2) is 5.78 Å². The van der Waals surface area contributed by atoms with Gasteiger partial charge in [-0.2, -0.15) is 8.42 Å². The first kappa shape index (κ1) is 6.70. The molecule has 52 valence electrons. The minimum atomic E-state index is -3.49. The van der Waals surface area contributed by atoms with E-state index in [0.717, 1.165) is 0 Å². The van der Waals surface area contributed by atoms with Gasteiger partial charge in [0.1, 0.15) is 11.9 Å². The molecular formula is C4H6O4S. The van der Waals surface area contributed by atoms with E-state index in [2.05, 4.69) is 4.18 Å². The molecule has 5 heteroatoms. The maximum atomic E-state index is 10.5. The van der Waals surface area contributed by atoms with Gasteiger partial charge in [-0.1, -0.05) is 0 Å². The maximum absolute atomic E-state index is 10.5. The van der Waals surface area contributed by atoms with Crippen LogP contribution in [0.25, 0.3) is 0 Å². The zero-order valence-corrected chi connectivity index (χ0v) is 5.64. The topological polar surface area (TPSA) is 60.4 Å². The van der Waals surface area contributed by atoms with Crippen molar-refractivity contribution in [2.75, 3.05) is 5.75 Å². The molecule has 1 fully saturated rings. The van der Waals surface area contributed by atoms with E-state index in [1.165, 1.54) is 6.92 Å². The molecule has 1 rings (SSSR count). The van der Waals surface area contributed by atoms with Crippen LogP contribution in [0.1, 0.15) is 6.92 Å². The predicted molar refractivity (Wildman–Crippen MR) is 29.3 cm³/mol. The summed E-state index contributed by atoms with van der Waals surface area (Å²) in [4.78, 5) is 10.5. The quantitative estimate of drug-likeness (QED) is 0.428. The van der Waals surface area contributed by atoms with Crippen LogP contribution in [0, 0.1) is 0 Å². The summed E-state index contributed by atoms with van der Waals surface area (Å²) in [5, 5.41) is 0. The number of carbonyl (C=O) groups excluding carboxylic acids is 1. The van der Waals surface area contributed by atoms with E-state index < -0.39 is 22.0 Å². The molecule has 4 nitrogen and oxygen atoms in total. The number of rotatable bonds is 0. The highest BCUT2D eigenvalue weighted by Crippen LogP contribution is 2.10. The average molecular weight is 150 g/mol. The van der Waals surface area contributed by atoms with Crippen LogP contribution in [0.2, 0.25) is 0 Å². The monoisotopic (exact) mass is 150 g/mol. The number of hydrogen-bond donors (Lipinski definition) is 0. The van der Waals surface area contributed by atoms with Gasteiger partial charge < -0.3 is 0 Å². The summed E-state index contributed by atoms with van der Waals surface area (Å²) in [6.07, 6.45) is -0.769. The zero-order valence-electron chi connectivity index (χ0n) is 4.83. The van der Waals surface area contributed by atoms with Gasteiger partial charge in [-0.25, -0.2) is 0 Å². The Balaban J connectivity index is 2.90. The number of ketones is 1. The van der Waals surface area contributed by atoms with E-state index in [-0.39, 0.29) is 5.78 Å². The zero-order chi connectivity index (χ0) is 7.07. The third-order valence-corrected chi connectivity index (χ3v) is 2.28. The highest BCUT2D eigenvalue weighted by Gasteiger charge is 2.33. The Kier molecular flexibility index (Phi) is 1.32. The van der Waals surface area contributed by atoms with Gasteiger partial charge in [0.05, 0.1) is 0 Å². The maximum Gasteiger partial charge on any atom is 0.275 e. The Labute approximate surface area is 52.9 Å². The first-order valence-corrected chi connectivity index (χ1v) is 4.03. The van der Waals surface area contributed by atoms with Crippen molar-refractivity contribution in [1.82, 2.24) is 0 Å². The van der Waals surface area contributed by atoms with Crippen LogP contribution < -0.4 is 0 Å². The first-order valence-electron chi connectivity index (χ1n) is 2.45. The number of hydrogen-bond acceptors (Lipinski definition) is 4. The summed E-state index contributed by atoms with van der Waals surface area (Å²) < 4.78 is 25.1. The summed E-state index contributed by atoms with van der Waals surface area (Å²) >= 11 is 0. The lowest BCUT2D eigenvalue weighted by Gasteiger charge is -1.92. The van der Waals surface area contributed by atoms with E-state index in [9.17, 15) is 13.2 Å². The van der Waals surface area contributed by atoms with E-state index in [1.54, 1.807) is 0 Å². The largest absolute Gasteiger partial charge is 0.295 e. The molecule has 1 atom stereocenters. The van der Waals surface area contributed by atoms with Crippen LogP contribution in [-0.4, -0.2) is 26.1 Å². The molecule has 1 aliphatic rings.